The average Bonchev–Trinajstić information content (AvgIpc) is 3.38. The minimum atomic E-state index is -4.03. The number of aromatic nitrogens is 2. The van der Waals surface area contributed by atoms with Crippen LogP contribution < -0.4 is 9.46 Å². The Labute approximate surface area is 251 Å². The summed E-state index contributed by atoms with van der Waals surface area (Å²) in [4.78, 5) is 4.24. The van der Waals surface area contributed by atoms with Crippen LogP contribution in [-0.4, -0.2) is 43.3 Å². The maximum atomic E-state index is 15.2. The van der Waals surface area contributed by atoms with Gasteiger partial charge in [-0.25, -0.2) is 31.3 Å². The van der Waals surface area contributed by atoms with Crippen molar-refractivity contribution >= 4 is 33.4 Å². The zero-order valence-electron chi connectivity index (χ0n) is 23.0. The van der Waals surface area contributed by atoms with Crippen molar-refractivity contribution in [3.05, 3.63) is 100 Å². The fourth-order valence-corrected chi connectivity index (χ4v) is 6.85. The molecule has 1 aromatic heterocycles. The summed E-state index contributed by atoms with van der Waals surface area (Å²) < 4.78 is 77.4. The van der Waals surface area contributed by atoms with Crippen LogP contribution in [0, 0.1) is 17.5 Å². The predicted octanol–water partition coefficient (Wildman–Crippen LogP) is 6.23. The summed E-state index contributed by atoms with van der Waals surface area (Å²) in [6, 6.07) is 12.4. The molecule has 1 heterocycles. The highest BCUT2D eigenvalue weighted by atomic mass is 35.5. The highest BCUT2D eigenvalue weighted by Gasteiger charge is 2.31. The van der Waals surface area contributed by atoms with Crippen LogP contribution in [0.3, 0.4) is 0 Å². The molecule has 42 heavy (non-hydrogen) atoms. The van der Waals surface area contributed by atoms with E-state index in [0.717, 1.165) is 23.4 Å². The van der Waals surface area contributed by atoms with Crippen molar-refractivity contribution in [2.24, 2.45) is 0 Å². The van der Waals surface area contributed by atoms with Gasteiger partial charge in [-0.1, -0.05) is 43.3 Å². The third-order valence-electron chi connectivity index (χ3n) is 6.72. The number of hydrogen-bond donors (Lipinski definition) is 2. The van der Waals surface area contributed by atoms with Gasteiger partial charge in [-0.05, 0) is 60.5 Å². The van der Waals surface area contributed by atoms with Gasteiger partial charge in [0.1, 0.15) is 11.6 Å². The molecule has 0 bridgehead atoms. The fourth-order valence-electron chi connectivity index (χ4n) is 4.29. The number of sulfonamides is 1. The molecule has 7 nitrogen and oxygen atoms in total. The van der Waals surface area contributed by atoms with E-state index in [-0.39, 0.29) is 46.6 Å². The number of hydrogen-bond acceptors (Lipinski definition) is 6. The number of imidazole rings is 1. The summed E-state index contributed by atoms with van der Waals surface area (Å²) in [6.45, 7) is 3.65. The number of benzene rings is 3. The molecule has 0 spiro atoms. The van der Waals surface area contributed by atoms with Crippen molar-refractivity contribution in [2.45, 2.75) is 41.5 Å². The SMILES string of the molecule is COc1cc(C(C)(C)c2cnc(SCc3c(F)cc(S(=O)(=O)NCCCO)cc3Cl)n2-c2ccc(F)cc2)ccc1F. The monoisotopic (exact) mass is 639 g/mol. The Balaban J connectivity index is 1.71. The minimum Gasteiger partial charge on any atom is -0.494 e. The Morgan fingerprint density at radius 3 is 2.43 bits per heavy atom. The van der Waals surface area contributed by atoms with Crippen LogP contribution in [0.4, 0.5) is 13.2 Å². The van der Waals surface area contributed by atoms with Gasteiger partial charge in [0.25, 0.3) is 0 Å². The molecule has 2 N–H and O–H groups in total. The zero-order valence-corrected chi connectivity index (χ0v) is 25.4. The summed E-state index contributed by atoms with van der Waals surface area (Å²) in [5, 5.41) is 9.25. The van der Waals surface area contributed by atoms with Crippen molar-refractivity contribution < 1.29 is 31.4 Å². The van der Waals surface area contributed by atoms with Crippen LogP contribution >= 0.6 is 23.4 Å². The number of halogens is 4. The molecule has 0 radical (unpaired) electrons. The Morgan fingerprint density at radius 2 is 1.79 bits per heavy atom. The third kappa shape index (κ3) is 6.78. The quantitative estimate of drug-likeness (QED) is 0.141. The van der Waals surface area contributed by atoms with Crippen LogP contribution in [-0.2, 0) is 21.2 Å². The van der Waals surface area contributed by atoms with Crippen LogP contribution in [0.5, 0.6) is 5.75 Å². The molecule has 0 fully saturated rings. The first-order valence-corrected chi connectivity index (χ1v) is 15.6. The number of aliphatic hydroxyl groups is 1. The molecule has 0 aliphatic rings. The summed E-state index contributed by atoms with van der Waals surface area (Å²) in [5.41, 5.74) is 1.36. The van der Waals surface area contributed by atoms with Gasteiger partial charge in [-0.3, -0.25) is 4.57 Å². The van der Waals surface area contributed by atoms with E-state index in [1.165, 1.54) is 31.4 Å². The van der Waals surface area contributed by atoms with E-state index in [1.807, 2.05) is 13.8 Å². The van der Waals surface area contributed by atoms with E-state index in [9.17, 15) is 17.2 Å². The van der Waals surface area contributed by atoms with Crippen molar-refractivity contribution in [3.8, 4) is 11.4 Å². The van der Waals surface area contributed by atoms with E-state index < -0.39 is 32.9 Å². The lowest BCUT2D eigenvalue weighted by Crippen LogP contribution is -2.25. The first kappa shape index (κ1) is 31.9. The number of nitrogens with zero attached hydrogens (tertiary/aromatic N) is 2. The highest BCUT2D eigenvalue weighted by Crippen LogP contribution is 2.39. The van der Waals surface area contributed by atoms with Gasteiger partial charge in [0.05, 0.1) is 23.9 Å². The average molecular weight is 640 g/mol. The maximum absolute atomic E-state index is 15.2. The predicted molar refractivity (Wildman–Crippen MR) is 156 cm³/mol. The number of ether oxygens (including phenoxy) is 1. The summed E-state index contributed by atoms with van der Waals surface area (Å²) in [7, 11) is -2.65. The molecule has 4 rings (SSSR count). The Hall–Kier alpha value is -3.03. The molecule has 0 saturated heterocycles. The van der Waals surface area contributed by atoms with Crippen molar-refractivity contribution in [1.29, 1.82) is 0 Å². The van der Waals surface area contributed by atoms with E-state index in [1.54, 1.807) is 35.0 Å². The second kappa shape index (κ2) is 13.1. The van der Waals surface area contributed by atoms with Crippen LogP contribution in [0.2, 0.25) is 5.02 Å². The molecule has 224 valence electrons. The van der Waals surface area contributed by atoms with E-state index in [4.69, 9.17) is 21.4 Å². The summed E-state index contributed by atoms with van der Waals surface area (Å²) >= 11 is 7.50. The van der Waals surface area contributed by atoms with Gasteiger partial charge >= 0.3 is 0 Å². The fraction of sp³-hybridized carbons (Fsp3) is 0.276. The minimum absolute atomic E-state index is 0.00534. The lowest BCUT2D eigenvalue weighted by molar-refractivity contribution is 0.289. The molecule has 3 aromatic carbocycles. The molecule has 0 saturated carbocycles. The molecule has 0 amide bonds. The van der Waals surface area contributed by atoms with E-state index in [0.29, 0.717) is 16.5 Å². The number of nitrogens with one attached hydrogen (secondary N) is 1. The largest absolute Gasteiger partial charge is 0.494 e. The van der Waals surface area contributed by atoms with Gasteiger partial charge in [-0.15, -0.1) is 0 Å². The van der Waals surface area contributed by atoms with Crippen LogP contribution in [0.15, 0.2) is 70.8 Å². The van der Waals surface area contributed by atoms with Gasteiger partial charge in [-0.2, -0.15) is 0 Å². The molecule has 13 heteroatoms. The second-order valence-corrected chi connectivity index (χ2v) is 13.0. The molecule has 0 atom stereocenters. The smallest absolute Gasteiger partial charge is 0.240 e. The number of methoxy groups -OCH3 is 1. The number of rotatable bonds is 12. The molecule has 4 aromatic rings. The molecular formula is C29H29ClF3N3O4S2. The topological polar surface area (TPSA) is 93.4 Å². The number of aliphatic hydroxyl groups excluding tert-OH is 1. The summed E-state index contributed by atoms with van der Waals surface area (Å²) in [6.07, 6.45) is 1.85. The Morgan fingerprint density at radius 1 is 1.07 bits per heavy atom. The van der Waals surface area contributed by atoms with Gasteiger partial charge in [0, 0.05) is 40.6 Å². The lowest BCUT2D eigenvalue weighted by Gasteiger charge is -2.28. The normalized spacial score (nSPS) is 12.1. The third-order valence-corrected chi connectivity index (χ3v) is 9.48. The number of thioether (sulfide) groups is 1. The standard InChI is InChI=1S/C29H29ClF3N3O4S2/c1-29(2,18-5-10-24(32)26(13-18)40-3)27-16-34-28(36(27)20-8-6-19(31)7-9-20)41-17-22-23(30)14-21(15-25(22)33)42(38,39)35-11-4-12-37/h5-10,13-16,35,37H,4,11-12,17H2,1-3H3. The second-order valence-electron chi connectivity index (χ2n) is 9.84. The first-order valence-electron chi connectivity index (χ1n) is 12.8. The van der Waals surface area contributed by atoms with Crippen LogP contribution in [0.1, 0.15) is 37.1 Å². The Bertz CT molecular complexity index is 1660. The van der Waals surface area contributed by atoms with Gasteiger partial charge in [0.15, 0.2) is 16.7 Å². The van der Waals surface area contributed by atoms with E-state index in [2.05, 4.69) is 9.71 Å². The lowest BCUT2D eigenvalue weighted by atomic mass is 9.81. The van der Waals surface area contributed by atoms with Crippen molar-refractivity contribution in [1.82, 2.24) is 14.3 Å². The molecule has 0 unspecified atom stereocenters. The van der Waals surface area contributed by atoms with Crippen molar-refractivity contribution in [3.63, 3.8) is 0 Å². The maximum Gasteiger partial charge on any atom is 0.240 e. The highest BCUT2D eigenvalue weighted by molar-refractivity contribution is 7.98. The van der Waals surface area contributed by atoms with Gasteiger partial charge < -0.3 is 9.84 Å². The Kier molecular flexibility index (Phi) is 9.94. The zero-order chi connectivity index (χ0) is 30.7. The van der Waals surface area contributed by atoms with Crippen LogP contribution in [0.25, 0.3) is 5.69 Å². The summed E-state index contributed by atoms with van der Waals surface area (Å²) in [5.74, 6) is -1.64. The molecule has 0 aliphatic carbocycles. The molecule has 0 aliphatic heterocycles. The first-order chi connectivity index (χ1) is 19.9. The van der Waals surface area contributed by atoms with E-state index >= 15 is 4.39 Å². The van der Waals surface area contributed by atoms with Gasteiger partial charge in [0.2, 0.25) is 10.0 Å². The van der Waals surface area contributed by atoms with Crippen molar-refractivity contribution in [2.75, 3.05) is 20.3 Å². The molecular weight excluding hydrogens is 611 g/mol.